The molecule has 0 saturated carbocycles. The Bertz CT molecular complexity index is 126. The van der Waals surface area contributed by atoms with E-state index >= 15 is 0 Å². The SMILES string of the molecule is CNC1=NNCC=C1. The molecular formula is C5H9N3. The normalized spacial score (nSPS) is 16.9. The van der Waals surface area contributed by atoms with E-state index in [9.17, 15) is 0 Å². The minimum Gasteiger partial charge on any atom is -0.372 e. The van der Waals surface area contributed by atoms with Crippen molar-refractivity contribution in [1.82, 2.24) is 10.7 Å². The summed E-state index contributed by atoms with van der Waals surface area (Å²) < 4.78 is 0. The van der Waals surface area contributed by atoms with Gasteiger partial charge in [0.1, 0.15) is 5.84 Å². The van der Waals surface area contributed by atoms with Gasteiger partial charge in [0.2, 0.25) is 0 Å². The highest BCUT2D eigenvalue weighted by atomic mass is 15.3. The predicted octanol–water partition coefficient (Wildman–Crippen LogP) is -0.321. The van der Waals surface area contributed by atoms with Gasteiger partial charge in [0.25, 0.3) is 0 Å². The van der Waals surface area contributed by atoms with Crippen molar-refractivity contribution in [2.24, 2.45) is 5.10 Å². The summed E-state index contributed by atoms with van der Waals surface area (Å²) in [5.74, 6) is 0.885. The number of nitrogens with zero attached hydrogens (tertiary/aromatic N) is 1. The maximum atomic E-state index is 3.92. The molecule has 1 aliphatic heterocycles. The molecule has 0 aromatic carbocycles. The summed E-state index contributed by atoms with van der Waals surface area (Å²) >= 11 is 0. The van der Waals surface area contributed by atoms with Crippen molar-refractivity contribution in [3.05, 3.63) is 12.2 Å². The summed E-state index contributed by atoms with van der Waals surface area (Å²) in [5.41, 5.74) is 2.82. The number of hydrogen-bond acceptors (Lipinski definition) is 3. The number of hydrazone groups is 1. The van der Waals surface area contributed by atoms with Crippen LogP contribution in [-0.4, -0.2) is 19.4 Å². The van der Waals surface area contributed by atoms with Gasteiger partial charge >= 0.3 is 0 Å². The Labute approximate surface area is 48.5 Å². The highest BCUT2D eigenvalue weighted by Gasteiger charge is 1.90. The minimum absolute atomic E-state index is 0.838. The zero-order chi connectivity index (χ0) is 5.82. The molecule has 0 radical (unpaired) electrons. The molecule has 0 saturated heterocycles. The van der Waals surface area contributed by atoms with Crippen LogP contribution in [0, 0.1) is 0 Å². The molecule has 1 aliphatic rings. The first-order valence-corrected chi connectivity index (χ1v) is 2.58. The number of rotatable bonds is 0. The van der Waals surface area contributed by atoms with Crippen LogP contribution in [0.1, 0.15) is 0 Å². The molecule has 1 heterocycles. The van der Waals surface area contributed by atoms with Crippen LogP contribution in [0.2, 0.25) is 0 Å². The predicted molar refractivity (Wildman–Crippen MR) is 33.6 cm³/mol. The number of likely N-dealkylation sites (N-methyl/N-ethyl adjacent to an activating group) is 1. The molecule has 3 heteroatoms. The lowest BCUT2D eigenvalue weighted by molar-refractivity contribution is 0.805. The Morgan fingerprint density at radius 3 is 3.12 bits per heavy atom. The Hall–Kier alpha value is -0.990. The van der Waals surface area contributed by atoms with E-state index in [-0.39, 0.29) is 0 Å². The molecule has 3 nitrogen and oxygen atoms in total. The second kappa shape index (κ2) is 2.35. The van der Waals surface area contributed by atoms with E-state index in [1.807, 2.05) is 19.2 Å². The Morgan fingerprint density at radius 2 is 2.75 bits per heavy atom. The van der Waals surface area contributed by atoms with Crippen molar-refractivity contribution in [2.75, 3.05) is 13.6 Å². The fourth-order valence-electron chi connectivity index (χ4n) is 0.531. The summed E-state index contributed by atoms with van der Waals surface area (Å²) in [6, 6.07) is 0. The quantitative estimate of drug-likeness (QED) is 0.449. The van der Waals surface area contributed by atoms with Crippen LogP contribution in [0.25, 0.3) is 0 Å². The molecule has 0 atom stereocenters. The van der Waals surface area contributed by atoms with E-state index in [1.165, 1.54) is 0 Å². The average Bonchev–Trinajstić information content (AvgIpc) is 1.90. The van der Waals surface area contributed by atoms with E-state index in [0.29, 0.717) is 0 Å². The van der Waals surface area contributed by atoms with Crippen LogP contribution in [0.3, 0.4) is 0 Å². The average molecular weight is 111 g/mol. The van der Waals surface area contributed by atoms with Crippen LogP contribution in [0.5, 0.6) is 0 Å². The first-order valence-electron chi connectivity index (χ1n) is 2.58. The molecule has 44 valence electrons. The zero-order valence-electron chi connectivity index (χ0n) is 4.81. The summed E-state index contributed by atoms with van der Waals surface area (Å²) in [7, 11) is 1.84. The molecule has 0 spiro atoms. The first kappa shape index (κ1) is 5.15. The van der Waals surface area contributed by atoms with Gasteiger partial charge in [-0.2, -0.15) is 5.10 Å². The third-order valence-corrected chi connectivity index (χ3v) is 0.941. The van der Waals surface area contributed by atoms with Gasteiger partial charge in [0.05, 0.1) is 6.54 Å². The van der Waals surface area contributed by atoms with E-state index < -0.39 is 0 Å². The molecule has 0 aliphatic carbocycles. The third-order valence-electron chi connectivity index (χ3n) is 0.941. The van der Waals surface area contributed by atoms with Crippen molar-refractivity contribution in [2.45, 2.75) is 0 Å². The van der Waals surface area contributed by atoms with Gasteiger partial charge in [-0.1, -0.05) is 6.08 Å². The van der Waals surface area contributed by atoms with Crippen LogP contribution in [0.4, 0.5) is 0 Å². The van der Waals surface area contributed by atoms with Gasteiger partial charge in [-0.3, -0.25) is 0 Å². The van der Waals surface area contributed by atoms with Crippen molar-refractivity contribution in [3.8, 4) is 0 Å². The smallest absolute Gasteiger partial charge is 0.145 e. The van der Waals surface area contributed by atoms with E-state index in [1.54, 1.807) is 0 Å². The lowest BCUT2D eigenvalue weighted by Gasteiger charge is -2.04. The van der Waals surface area contributed by atoms with Crippen LogP contribution in [0.15, 0.2) is 17.3 Å². The summed E-state index contributed by atoms with van der Waals surface area (Å²) in [6.07, 6.45) is 3.95. The van der Waals surface area contributed by atoms with E-state index in [4.69, 9.17) is 0 Å². The molecular weight excluding hydrogens is 102 g/mol. The van der Waals surface area contributed by atoms with Crippen LogP contribution >= 0.6 is 0 Å². The van der Waals surface area contributed by atoms with E-state index in [0.717, 1.165) is 12.4 Å². The molecule has 0 unspecified atom stereocenters. The lowest BCUT2D eigenvalue weighted by Crippen LogP contribution is -2.23. The molecule has 8 heavy (non-hydrogen) atoms. The van der Waals surface area contributed by atoms with Crippen molar-refractivity contribution in [3.63, 3.8) is 0 Å². The third kappa shape index (κ3) is 0.992. The summed E-state index contributed by atoms with van der Waals surface area (Å²) in [6.45, 7) is 0.838. The molecule has 0 fully saturated rings. The largest absolute Gasteiger partial charge is 0.372 e. The van der Waals surface area contributed by atoms with Crippen LogP contribution in [-0.2, 0) is 0 Å². The van der Waals surface area contributed by atoms with E-state index in [2.05, 4.69) is 15.8 Å². The van der Waals surface area contributed by atoms with Crippen molar-refractivity contribution < 1.29 is 0 Å². The molecule has 0 aromatic heterocycles. The molecule has 2 N–H and O–H groups in total. The monoisotopic (exact) mass is 111 g/mol. The lowest BCUT2D eigenvalue weighted by atomic mass is 10.4. The molecule has 0 aromatic rings. The fourth-order valence-corrected chi connectivity index (χ4v) is 0.531. The van der Waals surface area contributed by atoms with Gasteiger partial charge < -0.3 is 10.7 Å². The standard InChI is InChI=1S/C5H9N3/c1-6-5-3-2-4-7-8-5/h2-3,7H,4H2,1H3,(H,6,8). The zero-order valence-corrected chi connectivity index (χ0v) is 4.81. The van der Waals surface area contributed by atoms with Crippen molar-refractivity contribution >= 4 is 5.84 Å². The maximum absolute atomic E-state index is 3.92. The van der Waals surface area contributed by atoms with Crippen LogP contribution < -0.4 is 10.7 Å². The topological polar surface area (TPSA) is 36.4 Å². The van der Waals surface area contributed by atoms with Crippen molar-refractivity contribution in [1.29, 1.82) is 0 Å². The number of nitrogens with one attached hydrogen (secondary N) is 2. The Balaban J connectivity index is 2.51. The Kier molecular flexibility index (Phi) is 1.51. The Morgan fingerprint density at radius 1 is 1.88 bits per heavy atom. The van der Waals surface area contributed by atoms with Gasteiger partial charge in [-0.25, -0.2) is 0 Å². The first-order chi connectivity index (χ1) is 3.93. The summed E-state index contributed by atoms with van der Waals surface area (Å²) in [4.78, 5) is 0. The highest BCUT2D eigenvalue weighted by Crippen LogP contribution is 1.80. The minimum atomic E-state index is 0.838. The van der Waals surface area contributed by atoms with Gasteiger partial charge in [-0.15, -0.1) is 0 Å². The molecule has 1 rings (SSSR count). The highest BCUT2D eigenvalue weighted by molar-refractivity contribution is 5.92. The second-order valence-corrected chi connectivity index (χ2v) is 1.51. The number of hydrogen-bond donors (Lipinski definition) is 2. The van der Waals surface area contributed by atoms with Gasteiger partial charge in [0, 0.05) is 7.05 Å². The second-order valence-electron chi connectivity index (χ2n) is 1.51. The maximum Gasteiger partial charge on any atom is 0.145 e. The summed E-state index contributed by atoms with van der Waals surface area (Å²) in [5, 5.41) is 6.82. The fraction of sp³-hybridized carbons (Fsp3) is 0.400. The molecule has 0 amide bonds. The molecule has 0 bridgehead atoms. The number of amidine groups is 1. The van der Waals surface area contributed by atoms with Gasteiger partial charge in [-0.05, 0) is 6.08 Å². The van der Waals surface area contributed by atoms with Gasteiger partial charge in [0.15, 0.2) is 0 Å².